The highest BCUT2D eigenvalue weighted by atomic mass is 35.5. The van der Waals surface area contributed by atoms with E-state index in [2.05, 4.69) is 15.4 Å². The van der Waals surface area contributed by atoms with Crippen molar-refractivity contribution in [2.24, 2.45) is 0 Å². The first-order valence-electron chi connectivity index (χ1n) is 7.54. The van der Waals surface area contributed by atoms with Crippen LogP contribution in [0.4, 0.5) is 16.2 Å². The fourth-order valence-electron chi connectivity index (χ4n) is 2.27. The Morgan fingerprint density at radius 2 is 1.96 bits per heavy atom. The predicted molar refractivity (Wildman–Crippen MR) is 96.1 cm³/mol. The van der Waals surface area contributed by atoms with Crippen LogP contribution in [0.5, 0.6) is 0 Å². The van der Waals surface area contributed by atoms with Crippen LogP contribution >= 0.6 is 11.6 Å². The summed E-state index contributed by atoms with van der Waals surface area (Å²) in [4.78, 5) is 34.2. The molecule has 0 aromatic heterocycles. The lowest BCUT2D eigenvalue weighted by Gasteiger charge is -2.19. The van der Waals surface area contributed by atoms with Crippen LogP contribution in [0.25, 0.3) is 0 Å². The first-order valence-corrected chi connectivity index (χ1v) is 7.91. The van der Waals surface area contributed by atoms with Crippen molar-refractivity contribution in [3.8, 4) is 0 Å². The number of nitrogens with zero attached hydrogens (tertiary/aromatic N) is 1. The molecule has 2 amide bonds. The van der Waals surface area contributed by atoms with E-state index in [1.54, 1.807) is 24.3 Å². The first kappa shape index (κ1) is 19.2. The Kier molecular flexibility index (Phi) is 6.51. The number of nitro benzene ring substituents is 1. The second kappa shape index (κ2) is 8.82. The highest BCUT2D eigenvalue weighted by Gasteiger charge is 2.21. The largest absolute Gasteiger partial charge is 0.469 e. The highest BCUT2D eigenvalue weighted by Crippen LogP contribution is 2.26. The van der Waals surface area contributed by atoms with Gasteiger partial charge in [-0.2, -0.15) is 0 Å². The molecular weight excluding hydrogens is 362 g/mol. The number of amides is 2. The number of esters is 1. The zero-order chi connectivity index (χ0) is 19.1. The lowest BCUT2D eigenvalue weighted by Crippen LogP contribution is -2.34. The molecule has 0 bridgehead atoms. The third kappa shape index (κ3) is 5.18. The van der Waals surface area contributed by atoms with E-state index in [-0.39, 0.29) is 17.8 Å². The molecule has 0 saturated carbocycles. The number of ether oxygens (including phenoxy) is 1. The Morgan fingerprint density at radius 3 is 2.62 bits per heavy atom. The molecule has 1 unspecified atom stereocenters. The van der Waals surface area contributed by atoms with Gasteiger partial charge in [-0.25, -0.2) is 4.79 Å². The molecule has 0 aliphatic carbocycles. The maximum absolute atomic E-state index is 12.3. The average molecular weight is 378 g/mol. The van der Waals surface area contributed by atoms with Crippen molar-refractivity contribution in [1.29, 1.82) is 0 Å². The van der Waals surface area contributed by atoms with Crippen LogP contribution in [-0.2, 0) is 9.53 Å². The van der Waals surface area contributed by atoms with Crippen LogP contribution in [-0.4, -0.2) is 24.0 Å². The van der Waals surface area contributed by atoms with Gasteiger partial charge >= 0.3 is 12.0 Å². The summed E-state index contributed by atoms with van der Waals surface area (Å²) in [7, 11) is 1.25. The number of urea groups is 1. The number of carbonyl (C=O) groups is 2. The molecule has 9 heteroatoms. The van der Waals surface area contributed by atoms with Crippen LogP contribution in [0, 0.1) is 10.1 Å². The number of nitro groups is 1. The normalized spacial score (nSPS) is 11.3. The van der Waals surface area contributed by atoms with Crippen molar-refractivity contribution in [3.05, 3.63) is 69.2 Å². The van der Waals surface area contributed by atoms with Crippen molar-refractivity contribution in [3.63, 3.8) is 0 Å². The van der Waals surface area contributed by atoms with E-state index >= 15 is 0 Å². The standard InChI is InChI=1S/C17H16ClN3O5/c1-26-16(22)10-15(13-7-2-3-8-14(13)18)20-17(23)19-11-5-4-6-12(9-11)21(24)25/h2-9,15H,10H2,1H3,(H2,19,20,23). The summed E-state index contributed by atoms with van der Waals surface area (Å²) in [5.74, 6) is -0.523. The number of non-ortho nitro benzene ring substituents is 1. The second-order valence-electron chi connectivity index (χ2n) is 5.26. The summed E-state index contributed by atoms with van der Waals surface area (Å²) in [6, 6.07) is 10.9. The van der Waals surface area contributed by atoms with Crippen molar-refractivity contribution in [1.82, 2.24) is 5.32 Å². The number of methoxy groups -OCH3 is 1. The van der Waals surface area contributed by atoms with Crippen molar-refractivity contribution < 1.29 is 19.2 Å². The number of rotatable bonds is 6. The predicted octanol–water partition coefficient (Wildman–Crippen LogP) is 3.67. The quantitative estimate of drug-likeness (QED) is 0.453. The van der Waals surface area contributed by atoms with Gasteiger partial charge in [0, 0.05) is 22.8 Å². The molecule has 0 fully saturated rings. The Morgan fingerprint density at radius 1 is 1.23 bits per heavy atom. The molecule has 8 nitrogen and oxygen atoms in total. The number of anilines is 1. The van der Waals surface area contributed by atoms with Gasteiger partial charge in [-0.05, 0) is 17.7 Å². The van der Waals surface area contributed by atoms with Gasteiger partial charge in [-0.1, -0.05) is 35.9 Å². The number of hydrogen-bond acceptors (Lipinski definition) is 5. The fourth-order valence-corrected chi connectivity index (χ4v) is 2.54. The van der Waals surface area contributed by atoms with Crippen LogP contribution in [0.3, 0.4) is 0 Å². The van der Waals surface area contributed by atoms with Crippen LogP contribution in [0.1, 0.15) is 18.0 Å². The molecule has 2 aromatic carbocycles. The molecule has 0 radical (unpaired) electrons. The van der Waals surface area contributed by atoms with E-state index < -0.39 is 23.0 Å². The van der Waals surface area contributed by atoms with E-state index in [4.69, 9.17) is 11.6 Å². The molecule has 0 aliphatic heterocycles. The summed E-state index contributed by atoms with van der Waals surface area (Å²) < 4.78 is 4.66. The molecule has 2 rings (SSSR count). The molecule has 136 valence electrons. The van der Waals surface area contributed by atoms with E-state index in [0.717, 1.165) is 0 Å². The number of benzene rings is 2. The van der Waals surface area contributed by atoms with E-state index in [1.165, 1.54) is 31.4 Å². The van der Waals surface area contributed by atoms with Crippen LogP contribution < -0.4 is 10.6 Å². The van der Waals surface area contributed by atoms with Gasteiger partial charge in [0.2, 0.25) is 0 Å². The summed E-state index contributed by atoms with van der Waals surface area (Å²) in [6.07, 6.45) is -0.122. The first-order chi connectivity index (χ1) is 12.4. The minimum atomic E-state index is -0.727. The van der Waals surface area contributed by atoms with Gasteiger partial charge in [-0.15, -0.1) is 0 Å². The SMILES string of the molecule is COC(=O)CC(NC(=O)Nc1cccc([N+](=O)[O-])c1)c1ccccc1Cl. The lowest BCUT2D eigenvalue weighted by molar-refractivity contribution is -0.384. The van der Waals surface area contributed by atoms with Crippen LogP contribution in [0.2, 0.25) is 5.02 Å². The van der Waals surface area contributed by atoms with Gasteiger partial charge in [0.25, 0.3) is 5.69 Å². The average Bonchev–Trinajstić information content (AvgIpc) is 2.61. The number of halogens is 1. The maximum atomic E-state index is 12.3. The third-order valence-corrected chi connectivity index (χ3v) is 3.84. The van der Waals surface area contributed by atoms with Gasteiger partial charge < -0.3 is 15.4 Å². The third-order valence-electron chi connectivity index (χ3n) is 3.50. The molecule has 0 saturated heterocycles. The van der Waals surface area contributed by atoms with Gasteiger partial charge in [0.1, 0.15) is 0 Å². The van der Waals surface area contributed by atoms with E-state index in [9.17, 15) is 19.7 Å². The van der Waals surface area contributed by atoms with Crippen molar-refractivity contribution in [2.45, 2.75) is 12.5 Å². The Balaban J connectivity index is 2.16. The zero-order valence-corrected chi connectivity index (χ0v) is 14.5. The summed E-state index contributed by atoms with van der Waals surface area (Å²) >= 11 is 6.15. The fraction of sp³-hybridized carbons (Fsp3) is 0.176. The smallest absolute Gasteiger partial charge is 0.319 e. The molecule has 0 heterocycles. The Labute approximate surface area is 154 Å². The van der Waals surface area contributed by atoms with Crippen molar-refractivity contribution in [2.75, 3.05) is 12.4 Å². The van der Waals surface area contributed by atoms with Crippen LogP contribution in [0.15, 0.2) is 48.5 Å². The molecule has 26 heavy (non-hydrogen) atoms. The Hall–Kier alpha value is -3.13. The van der Waals surface area contributed by atoms with Gasteiger partial charge in [0.05, 0.1) is 24.5 Å². The van der Waals surface area contributed by atoms with E-state index in [0.29, 0.717) is 10.6 Å². The van der Waals surface area contributed by atoms with E-state index in [1.807, 2.05) is 0 Å². The number of nitrogens with one attached hydrogen (secondary N) is 2. The molecule has 0 spiro atoms. The molecule has 2 aromatic rings. The number of hydrogen-bond donors (Lipinski definition) is 2. The summed E-state index contributed by atoms with van der Waals surface area (Å²) in [5, 5.41) is 16.3. The second-order valence-corrected chi connectivity index (χ2v) is 5.67. The Bertz CT molecular complexity index is 828. The molecule has 1 atom stereocenters. The van der Waals surface area contributed by atoms with Gasteiger partial charge in [-0.3, -0.25) is 14.9 Å². The topological polar surface area (TPSA) is 111 Å². The van der Waals surface area contributed by atoms with Crippen molar-refractivity contribution >= 4 is 35.0 Å². The monoisotopic (exact) mass is 377 g/mol. The summed E-state index contributed by atoms with van der Waals surface area (Å²) in [6.45, 7) is 0. The molecule has 2 N–H and O–H groups in total. The lowest BCUT2D eigenvalue weighted by atomic mass is 10.0. The maximum Gasteiger partial charge on any atom is 0.319 e. The minimum absolute atomic E-state index is 0.122. The van der Waals surface area contributed by atoms with Gasteiger partial charge in [0.15, 0.2) is 0 Å². The number of carbonyl (C=O) groups excluding carboxylic acids is 2. The summed E-state index contributed by atoms with van der Waals surface area (Å²) in [5.41, 5.74) is 0.640. The molecular formula is C17H16ClN3O5. The molecule has 0 aliphatic rings. The minimum Gasteiger partial charge on any atom is -0.469 e. The highest BCUT2D eigenvalue weighted by molar-refractivity contribution is 6.31. The zero-order valence-electron chi connectivity index (χ0n) is 13.8.